The van der Waals surface area contributed by atoms with E-state index in [2.05, 4.69) is 43.5 Å². The molecule has 4 N–H and O–H groups in total. The zero-order valence-electron chi connectivity index (χ0n) is 12.5. The fourth-order valence-electron chi connectivity index (χ4n) is 1.86. The predicted octanol–water partition coefficient (Wildman–Crippen LogP) is 2.09. The van der Waals surface area contributed by atoms with E-state index in [0.717, 1.165) is 36.6 Å². The molecule has 20 heavy (non-hydrogen) atoms. The quantitative estimate of drug-likeness (QED) is 0.630. The highest BCUT2D eigenvalue weighted by Gasteiger charge is 2.12. The first-order valence-electron chi connectivity index (χ1n) is 6.94. The molecule has 1 heterocycles. The highest BCUT2D eigenvalue weighted by atomic mass is 32.2. The Balaban J connectivity index is 0.000000217. The van der Waals surface area contributed by atoms with Crippen LogP contribution in [-0.2, 0) is 5.41 Å². The van der Waals surface area contributed by atoms with Crippen LogP contribution in [0.3, 0.4) is 0 Å². The highest BCUT2D eigenvalue weighted by Crippen LogP contribution is 2.24. The Hall–Kier alpha value is -0.590. The van der Waals surface area contributed by atoms with E-state index in [0.29, 0.717) is 0 Å². The molecule has 1 atom stereocenters. The Kier molecular flexibility index (Phi) is 7.55. The monoisotopic (exact) mass is 298 g/mol. The van der Waals surface area contributed by atoms with Gasteiger partial charge in [0.15, 0.2) is 0 Å². The molecule has 2 rings (SSSR count). The predicted molar refractivity (Wildman–Crippen MR) is 85.4 cm³/mol. The van der Waals surface area contributed by atoms with Gasteiger partial charge in [-0.1, -0.05) is 32.9 Å². The summed E-state index contributed by atoms with van der Waals surface area (Å²) in [4.78, 5) is 0.892. The topological polar surface area (TPSA) is 64.5 Å². The van der Waals surface area contributed by atoms with Crippen LogP contribution < -0.4 is 10.6 Å². The Morgan fingerprint density at radius 1 is 1.20 bits per heavy atom. The van der Waals surface area contributed by atoms with Gasteiger partial charge in [0.05, 0.1) is 6.61 Å². The van der Waals surface area contributed by atoms with E-state index in [4.69, 9.17) is 9.66 Å². The van der Waals surface area contributed by atoms with E-state index in [1.807, 2.05) is 12.1 Å². The second-order valence-electron chi connectivity index (χ2n) is 5.90. The number of piperazine rings is 1. The average molecular weight is 298 g/mol. The van der Waals surface area contributed by atoms with Crippen molar-refractivity contribution in [2.75, 3.05) is 26.2 Å². The van der Waals surface area contributed by atoms with Gasteiger partial charge in [-0.2, -0.15) is 0 Å². The highest BCUT2D eigenvalue weighted by molar-refractivity contribution is 7.93. The maximum Gasteiger partial charge on any atom is 0.0597 e. The van der Waals surface area contributed by atoms with Gasteiger partial charge in [0, 0.05) is 42.6 Å². The number of hydrogen-bond donors (Lipinski definition) is 4. The van der Waals surface area contributed by atoms with Gasteiger partial charge in [0.25, 0.3) is 0 Å². The molecule has 1 aliphatic rings. The minimum Gasteiger partial charge on any atom is -0.395 e. The van der Waals surface area contributed by atoms with Crippen LogP contribution in [0.5, 0.6) is 0 Å². The van der Waals surface area contributed by atoms with E-state index in [-0.39, 0.29) is 18.1 Å². The van der Waals surface area contributed by atoms with Crippen molar-refractivity contribution >= 4 is 12.0 Å². The van der Waals surface area contributed by atoms with Crippen LogP contribution in [0, 0.1) is 0 Å². The van der Waals surface area contributed by atoms with Crippen molar-refractivity contribution in [3.8, 4) is 0 Å². The Morgan fingerprint density at radius 2 is 1.85 bits per heavy atom. The zero-order valence-corrected chi connectivity index (χ0v) is 13.3. The van der Waals surface area contributed by atoms with E-state index < -0.39 is 0 Å². The maximum atomic E-state index is 8.75. The van der Waals surface area contributed by atoms with E-state index in [1.165, 1.54) is 5.56 Å². The van der Waals surface area contributed by atoms with Crippen LogP contribution >= 0.6 is 12.0 Å². The molecule has 114 valence electrons. The third kappa shape index (κ3) is 6.24. The lowest BCUT2D eigenvalue weighted by molar-refractivity contribution is 0.227. The summed E-state index contributed by atoms with van der Waals surface area (Å²) in [6, 6.07) is 8.26. The Morgan fingerprint density at radius 3 is 2.20 bits per heavy atom. The molecule has 0 spiro atoms. The third-order valence-corrected chi connectivity index (χ3v) is 3.65. The molecular weight excluding hydrogens is 272 g/mol. The van der Waals surface area contributed by atoms with Gasteiger partial charge in [-0.25, -0.2) is 0 Å². The molecule has 0 saturated carbocycles. The molecule has 1 unspecified atom stereocenters. The number of aliphatic hydroxyl groups is 1. The largest absolute Gasteiger partial charge is 0.395 e. The van der Waals surface area contributed by atoms with Crippen LogP contribution in [0.15, 0.2) is 29.2 Å². The van der Waals surface area contributed by atoms with Gasteiger partial charge in [-0.05, 0) is 23.1 Å². The van der Waals surface area contributed by atoms with Crippen LogP contribution in [-0.4, -0.2) is 41.9 Å². The summed E-state index contributed by atoms with van der Waals surface area (Å²) >= 11 is 0.788. The maximum absolute atomic E-state index is 8.75. The molecule has 5 heteroatoms. The summed E-state index contributed by atoms with van der Waals surface area (Å²) < 4.78 is 8.75. The molecule has 0 aliphatic carbocycles. The number of aliphatic hydroxyl groups excluding tert-OH is 1. The molecule has 1 aromatic carbocycles. The molecule has 1 fully saturated rings. The van der Waals surface area contributed by atoms with Crippen molar-refractivity contribution in [3.63, 3.8) is 0 Å². The van der Waals surface area contributed by atoms with Gasteiger partial charge in [0.2, 0.25) is 0 Å². The molecule has 0 aromatic heterocycles. The zero-order chi connectivity index (χ0) is 15.0. The summed E-state index contributed by atoms with van der Waals surface area (Å²) in [5, 5.41) is 14.9. The van der Waals surface area contributed by atoms with E-state index >= 15 is 0 Å². The van der Waals surface area contributed by atoms with Crippen LogP contribution in [0.1, 0.15) is 26.3 Å². The van der Waals surface area contributed by atoms with Crippen molar-refractivity contribution < 1.29 is 9.66 Å². The first-order valence-corrected chi connectivity index (χ1v) is 7.71. The third-order valence-electron chi connectivity index (χ3n) is 3.17. The first kappa shape index (κ1) is 17.5. The lowest BCUT2D eigenvalue weighted by Crippen LogP contribution is -2.49. The second-order valence-corrected chi connectivity index (χ2v) is 6.56. The molecule has 0 bridgehead atoms. The second kappa shape index (κ2) is 8.64. The molecule has 4 nitrogen and oxygen atoms in total. The van der Waals surface area contributed by atoms with Crippen molar-refractivity contribution in [1.82, 2.24) is 10.6 Å². The molecule has 1 saturated heterocycles. The minimum absolute atomic E-state index is 0.193. The summed E-state index contributed by atoms with van der Waals surface area (Å²) in [6.07, 6.45) is 0. The number of nitrogens with one attached hydrogen (secondary N) is 2. The average Bonchev–Trinajstić information content (AvgIpc) is 2.48. The van der Waals surface area contributed by atoms with Crippen molar-refractivity contribution in [2.45, 2.75) is 37.1 Å². The molecule has 1 aromatic rings. The van der Waals surface area contributed by atoms with Crippen molar-refractivity contribution in [2.24, 2.45) is 0 Å². The van der Waals surface area contributed by atoms with E-state index in [1.54, 1.807) is 0 Å². The summed E-state index contributed by atoms with van der Waals surface area (Å²) in [5.74, 6) is 0. The van der Waals surface area contributed by atoms with E-state index in [9.17, 15) is 0 Å². The van der Waals surface area contributed by atoms with Gasteiger partial charge >= 0.3 is 0 Å². The molecule has 0 amide bonds. The van der Waals surface area contributed by atoms with Crippen LogP contribution in [0.2, 0.25) is 0 Å². The number of hydrogen-bond acceptors (Lipinski definition) is 5. The fourth-order valence-corrected chi connectivity index (χ4v) is 2.12. The number of benzene rings is 1. The minimum atomic E-state index is 0.193. The fraction of sp³-hybridized carbons (Fsp3) is 0.600. The Labute approximate surface area is 126 Å². The van der Waals surface area contributed by atoms with Gasteiger partial charge in [0.1, 0.15) is 0 Å². The molecular formula is C15H26N2O2S. The lowest BCUT2D eigenvalue weighted by Gasteiger charge is -2.21. The lowest BCUT2D eigenvalue weighted by atomic mass is 9.87. The van der Waals surface area contributed by atoms with Crippen LogP contribution in [0.25, 0.3) is 0 Å². The van der Waals surface area contributed by atoms with Crippen molar-refractivity contribution in [3.05, 3.63) is 29.8 Å². The van der Waals surface area contributed by atoms with Gasteiger partial charge < -0.3 is 20.3 Å². The van der Waals surface area contributed by atoms with Gasteiger partial charge in [-0.15, -0.1) is 0 Å². The summed E-state index contributed by atoms with van der Waals surface area (Å²) in [5.41, 5.74) is 1.49. The number of rotatable bonds is 2. The summed E-state index contributed by atoms with van der Waals surface area (Å²) in [6.45, 7) is 9.67. The molecule has 1 aliphatic heterocycles. The van der Waals surface area contributed by atoms with Crippen LogP contribution in [0.4, 0.5) is 0 Å². The standard InChI is InChI=1S/C10H14OS.C5H12N2O/c1-10(2,3)8-4-6-9(12-11)7-5-8;8-4-5-3-6-1-2-7-5/h4-7,11H,1-3H3;5-8H,1-4H2. The molecule has 0 radical (unpaired) electrons. The smallest absolute Gasteiger partial charge is 0.0597 e. The summed E-state index contributed by atoms with van der Waals surface area (Å²) in [7, 11) is 0. The normalized spacial score (nSPS) is 19.1. The van der Waals surface area contributed by atoms with Crippen molar-refractivity contribution in [1.29, 1.82) is 0 Å². The SMILES string of the molecule is CC(C)(C)c1ccc(SO)cc1.OCC1CNCCN1. The first-order chi connectivity index (χ1) is 9.47. The van der Waals surface area contributed by atoms with Gasteiger partial charge in [-0.3, -0.25) is 0 Å². The Bertz CT molecular complexity index is 370.